The third kappa shape index (κ3) is 4.84. The number of anilines is 1. The zero-order valence-electron chi connectivity index (χ0n) is 9.58. The first-order valence-corrected chi connectivity index (χ1v) is 5.85. The average Bonchev–Trinajstić information content (AvgIpc) is 2.26. The van der Waals surface area contributed by atoms with Crippen LogP contribution in [-0.2, 0) is 4.74 Å². The number of nitrogens with two attached hydrogens (primary N) is 1. The summed E-state index contributed by atoms with van der Waals surface area (Å²) in [6, 6.07) is 7.98. The molecule has 0 spiro atoms. The lowest BCUT2D eigenvalue weighted by molar-refractivity contribution is 0.182. The normalized spacial score (nSPS) is 12.4. The van der Waals surface area contributed by atoms with Crippen LogP contribution in [0.4, 0.5) is 5.69 Å². The van der Waals surface area contributed by atoms with E-state index in [-0.39, 0.29) is 6.04 Å². The molecule has 1 aromatic carbocycles. The van der Waals surface area contributed by atoms with Crippen molar-refractivity contribution in [2.24, 2.45) is 5.73 Å². The van der Waals surface area contributed by atoms with Crippen LogP contribution >= 0.6 is 11.6 Å². The molecule has 1 atom stereocenters. The number of nitrogens with one attached hydrogen (secondary N) is 1. The third-order valence-corrected chi connectivity index (χ3v) is 2.56. The number of halogens is 1. The van der Waals surface area contributed by atoms with Crippen LogP contribution < -0.4 is 11.1 Å². The number of benzene rings is 1. The minimum Gasteiger partial charge on any atom is -0.383 e. The molecule has 0 saturated carbocycles. The fraction of sp³-hybridized carbons (Fsp3) is 0.500. The Balaban J connectivity index is 2.52. The van der Waals surface area contributed by atoms with Gasteiger partial charge in [0.1, 0.15) is 0 Å². The van der Waals surface area contributed by atoms with Gasteiger partial charge in [0.2, 0.25) is 0 Å². The SMILES string of the molecule is COCC(CCCN)Nc1cccc(Cl)c1. The van der Waals surface area contributed by atoms with Gasteiger partial charge in [0.15, 0.2) is 0 Å². The third-order valence-electron chi connectivity index (χ3n) is 2.32. The highest BCUT2D eigenvalue weighted by atomic mass is 35.5. The van der Waals surface area contributed by atoms with Crippen molar-refractivity contribution in [3.05, 3.63) is 29.3 Å². The molecule has 0 aromatic heterocycles. The molecule has 0 amide bonds. The number of hydrogen-bond acceptors (Lipinski definition) is 3. The number of rotatable bonds is 7. The smallest absolute Gasteiger partial charge is 0.0664 e. The van der Waals surface area contributed by atoms with E-state index in [9.17, 15) is 0 Å². The van der Waals surface area contributed by atoms with E-state index in [1.165, 1.54) is 0 Å². The van der Waals surface area contributed by atoms with Gasteiger partial charge >= 0.3 is 0 Å². The zero-order valence-corrected chi connectivity index (χ0v) is 10.3. The molecule has 0 radical (unpaired) electrons. The van der Waals surface area contributed by atoms with Gasteiger partial charge in [0.05, 0.1) is 6.61 Å². The Morgan fingerprint density at radius 3 is 2.94 bits per heavy atom. The topological polar surface area (TPSA) is 47.3 Å². The summed E-state index contributed by atoms with van der Waals surface area (Å²) in [5.74, 6) is 0. The van der Waals surface area contributed by atoms with Crippen molar-refractivity contribution in [1.82, 2.24) is 0 Å². The second-order valence-corrected chi connectivity index (χ2v) is 4.17. The lowest BCUT2D eigenvalue weighted by Crippen LogP contribution is -2.25. The molecule has 0 aliphatic rings. The summed E-state index contributed by atoms with van der Waals surface area (Å²) in [7, 11) is 1.70. The molecule has 1 rings (SSSR count). The first-order chi connectivity index (χ1) is 7.76. The molecule has 16 heavy (non-hydrogen) atoms. The molecule has 0 bridgehead atoms. The number of hydrogen-bond donors (Lipinski definition) is 2. The molecule has 0 saturated heterocycles. The molecule has 4 heteroatoms. The molecule has 1 aromatic rings. The predicted octanol–water partition coefficient (Wildman–Crippen LogP) is 2.51. The van der Waals surface area contributed by atoms with Gasteiger partial charge < -0.3 is 15.8 Å². The maximum absolute atomic E-state index is 5.92. The van der Waals surface area contributed by atoms with E-state index in [4.69, 9.17) is 22.1 Å². The van der Waals surface area contributed by atoms with Crippen molar-refractivity contribution >= 4 is 17.3 Å². The van der Waals surface area contributed by atoms with Crippen LogP contribution in [0, 0.1) is 0 Å². The van der Waals surface area contributed by atoms with Gasteiger partial charge in [0.25, 0.3) is 0 Å². The Kier molecular flexibility index (Phi) is 6.23. The molecule has 0 aliphatic heterocycles. The van der Waals surface area contributed by atoms with Crippen molar-refractivity contribution in [2.75, 3.05) is 25.6 Å². The van der Waals surface area contributed by atoms with Gasteiger partial charge in [0, 0.05) is 23.9 Å². The van der Waals surface area contributed by atoms with E-state index in [0.717, 1.165) is 23.6 Å². The van der Waals surface area contributed by atoms with Gasteiger partial charge in [-0.05, 0) is 37.6 Å². The van der Waals surface area contributed by atoms with Crippen LogP contribution in [0.2, 0.25) is 5.02 Å². The summed E-state index contributed by atoms with van der Waals surface area (Å²) < 4.78 is 5.17. The molecule has 0 fully saturated rings. The largest absolute Gasteiger partial charge is 0.383 e. The molecular weight excluding hydrogens is 224 g/mol. The second kappa shape index (κ2) is 7.49. The van der Waals surface area contributed by atoms with E-state index < -0.39 is 0 Å². The summed E-state index contributed by atoms with van der Waals surface area (Å²) in [5, 5.41) is 4.13. The van der Waals surface area contributed by atoms with Gasteiger partial charge in [-0.3, -0.25) is 0 Å². The van der Waals surface area contributed by atoms with Gasteiger partial charge in [-0.25, -0.2) is 0 Å². The number of ether oxygens (including phenoxy) is 1. The van der Waals surface area contributed by atoms with Crippen molar-refractivity contribution < 1.29 is 4.74 Å². The molecule has 90 valence electrons. The summed E-state index contributed by atoms with van der Waals surface area (Å²) in [6.07, 6.45) is 1.98. The van der Waals surface area contributed by atoms with Gasteiger partial charge in [-0.2, -0.15) is 0 Å². The molecule has 1 unspecified atom stereocenters. The van der Waals surface area contributed by atoms with Crippen LogP contribution in [0.3, 0.4) is 0 Å². The minimum absolute atomic E-state index is 0.284. The first-order valence-electron chi connectivity index (χ1n) is 5.47. The Hall–Kier alpha value is -0.770. The summed E-state index contributed by atoms with van der Waals surface area (Å²) in [4.78, 5) is 0. The van der Waals surface area contributed by atoms with E-state index in [2.05, 4.69) is 5.32 Å². The van der Waals surface area contributed by atoms with Gasteiger partial charge in [-0.1, -0.05) is 17.7 Å². The van der Waals surface area contributed by atoms with Crippen LogP contribution in [-0.4, -0.2) is 26.3 Å². The van der Waals surface area contributed by atoms with E-state index in [1.807, 2.05) is 24.3 Å². The average molecular weight is 243 g/mol. The first kappa shape index (κ1) is 13.3. The minimum atomic E-state index is 0.284. The standard InChI is InChI=1S/C12H19ClN2O/c1-16-9-12(6-3-7-14)15-11-5-2-4-10(13)8-11/h2,4-5,8,12,15H,3,6-7,9,14H2,1H3. The Bertz CT molecular complexity index is 307. The van der Waals surface area contributed by atoms with Crippen LogP contribution in [0.1, 0.15) is 12.8 Å². The maximum Gasteiger partial charge on any atom is 0.0664 e. The second-order valence-electron chi connectivity index (χ2n) is 3.74. The van der Waals surface area contributed by atoms with Crippen molar-refractivity contribution in [3.63, 3.8) is 0 Å². The fourth-order valence-electron chi connectivity index (χ4n) is 1.58. The van der Waals surface area contributed by atoms with Crippen LogP contribution in [0.15, 0.2) is 24.3 Å². The summed E-state index contributed by atoms with van der Waals surface area (Å²) >= 11 is 5.92. The lowest BCUT2D eigenvalue weighted by atomic mass is 10.1. The van der Waals surface area contributed by atoms with E-state index >= 15 is 0 Å². The molecule has 3 nitrogen and oxygen atoms in total. The predicted molar refractivity (Wildman–Crippen MR) is 69.0 cm³/mol. The van der Waals surface area contributed by atoms with Crippen molar-refractivity contribution in [2.45, 2.75) is 18.9 Å². The zero-order chi connectivity index (χ0) is 11.8. The Labute approximate surface area is 102 Å². The molecule has 3 N–H and O–H groups in total. The molecule has 0 aliphatic carbocycles. The Morgan fingerprint density at radius 2 is 2.31 bits per heavy atom. The lowest BCUT2D eigenvalue weighted by Gasteiger charge is -2.19. The van der Waals surface area contributed by atoms with Crippen molar-refractivity contribution in [3.8, 4) is 0 Å². The maximum atomic E-state index is 5.92. The van der Waals surface area contributed by atoms with Crippen molar-refractivity contribution in [1.29, 1.82) is 0 Å². The Morgan fingerprint density at radius 1 is 1.50 bits per heavy atom. The van der Waals surface area contributed by atoms with E-state index in [0.29, 0.717) is 13.2 Å². The van der Waals surface area contributed by atoms with Crippen LogP contribution in [0.25, 0.3) is 0 Å². The van der Waals surface area contributed by atoms with Gasteiger partial charge in [-0.15, -0.1) is 0 Å². The summed E-state index contributed by atoms with van der Waals surface area (Å²) in [5.41, 5.74) is 6.52. The van der Waals surface area contributed by atoms with E-state index in [1.54, 1.807) is 7.11 Å². The monoisotopic (exact) mass is 242 g/mol. The highest BCUT2D eigenvalue weighted by Gasteiger charge is 2.07. The highest BCUT2D eigenvalue weighted by molar-refractivity contribution is 6.30. The molecular formula is C12H19ClN2O. The quantitative estimate of drug-likeness (QED) is 0.773. The highest BCUT2D eigenvalue weighted by Crippen LogP contribution is 2.16. The fourth-order valence-corrected chi connectivity index (χ4v) is 1.77. The molecule has 0 heterocycles. The van der Waals surface area contributed by atoms with Crippen LogP contribution in [0.5, 0.6) is 0 Å². The summed E-state index contributed by atoms with van der Waals surface area (Å²) in [6.45, 7) is 1.38. The number of methoxy groups -OCH3 is 1.